The van der Waals surface area contributed by atoms with Gasteiger partial charge in [-0.2, -0.15) is 0 Å². The summed E-state index contributed by atoms with van der Waals surface area (Å²) >= 11 is 0. The van der Waals surface area contributed by atoms with E-state index in [1.807, 2.05) is 45.2 Å². The van der Waals surface area contributed by atoms with Crippen molar-refractivity contribution < 1.29 is 6.16 Å². The van der Waals surface area contributed by atoms with Crippen molar-refractivity contribution >= 4 is 16.9 Å². The lowest BCUT2D eigenvalue weighted by molar-refractivity contribution is 0.0511. The second-order valence-electron chi connectivity index (χ2n) is 6.16. The highest BCUT2D eigenvalue weighted by atomic mass is 16.5. The molecule has 0 aliphatic carbocycles. The van der Waals surface area contributed by atoms with Gasteiger partial charge in [0.1, 0.15) is 23.4 Å². The van der Waals surface area contributed by atoms with E-state index in [1.165, 1.54) is 6.33 Å². The van der Waals surface area contributed by atoms with E-state index in [-0.39, 0.29) is 12.9 Å². The molecule has 0 saturated heterocycles. The second-order valence-corrected chi connectivity index (χ2v) is 6.16. The molecule has 0 spiro atoms. The number of hydrogen-bond donors (Lipinski definition) is 3. The summed E-state index contributed by atoms with van der Waals surface area (Å²) in [6, 6.07) is 5.73. The average molecular weight is 368 g/mol. The highest BCUT2D eigenvalue weighted by molar-refractivity contribution is 5.99. The molecule has 7 nitrogen and oxygen atoms in total. The Hall–Kier alpha value is -3.57. The monoisotopic (exact) mass is 368 g/mol. The van der Waals surface area contributed by atoms with E-state index < -0.39 is 0 Å². The fourth-order valence-electron chi connectivity index (χ4n) is 2.08. The molecule has 0 radical (unpaired) electrons. The number of H-pyrrole nitrogens is 1. The van der Waals surface area contributed by atoms with Crippen molar-refractivity contribution in [2.75, 3.05) is 5.73 Å². The van der Waals surface area contributed by atoms with E-state index in [2.05, 4.69) is 45.4 Å². The first-order valence-electron chi connectivity index (χ1n) is 8.15. The van der Waals surface area contributed by atoms with Gasteiger partial charge >= 0.3 is 0 Å². The van der Waals surface area contributed by atoms with Crippen LogP contribution in [0.5, 0.6) is 0 Å². The fraction of sp³-hybridized carbons (Fsp3) is 0.200. The molecule has 0 aromatic carbocycles. The molecular formula is C20H28N6O. The molecule has 0 atom stereocenters. The Kier molecular flexibility index (Phi) is 7.79. The molecule has 0 saturated carbocycles. The van der Waals surface area contributed by atoms with Gasteiger partial charge in [-0.15, -0.1) is 13.2 Å². The molecule has 0 unspecified atom stereocenters. The third-order valence-corrected chi connectivity index (χ3v) is 3.03. The third kappa shape index (κ3) is 6.34. The molecule has 3 aromatic heterocycles. The number of ether oxygens (including phenoxy) is 1. The maximum atomic E-state index is 5.84. The molecule has 0 amide bonds. The number of anilines is 1. The molecule has 0 fully saturated rings. The van der Waals surface area contributed by atoms with Crippen LogP contribution in [-0.4, -0.2) is 25.5 Å². The topological polar surface area (TPSA) is 116 Å². The van der Waals surface area contributed by atoms with Crippen molar-refractivity contribution in [3.8, 4) is 11.3 Å². The number of aromatic nitrogens is 4. The molecule has 27 heavy (non-hydrogen) atoms. The van der Waals surface area contributed by atoms with Gasteiger partial charge in [-0.05, 0) is 32.9 Å². The number of nitrogens with two attached hydrogens (primary N) is 2. The number of fused-ring (bicyclic) bond motifs is 1. The lowest BCUT2D eigenvalue weighted by Gasteiger charge is -2.19. The number of pyridine rings is 1. The molecule has 144 valence electrons. The van der Waals surface area contributed by atoms with E-state index in [9.17, 15) is 0 Å². The summed E-state index contributed by atoms with van der Waals surface area (Å²) in [5, 5.41) is 0.821. The van der Waals surface area contributed by atoms with Crippen LogP contribution < -0.4 is 11.5 Å². The van der Waals surface area contributed by atoms with Gasteiger partial charge in [-0.3, -0.25) is 4.98 Å². The van der Waals surface area contributed by atoms with Crippen molar-refractivity contribution in [2.45, 2.75) is 26.4 Å². The number of nitrogens with one attached hydrogen (secondary N) is 1. The van der Waals surface area contributed by atoms with Gasteiger partial charge in [0.2, 0.25) is 5.88 Å². The van der Waals surface area contributed by atoms with Crippen LogP contribution in [0.25, 0.3) is 22.3 Å². The molecule has 0 aliphatic rings. The summed E-state index contributed by atoms with van der Waals surface area (Å²) < 4.78 is 5.11. The Bertz CT molecular complexity index is 911. The molecule has 0 bridgehead atoms. The average Bonchev–Trinajstić information content (AvgIpc) is 3.09. The molecule has 5 N–H and O–H groups in total. The van der Waals surface area contributed by atoms with Gasteiger partial charge in [0.15, 0.2) is 0 Å². The maximum absolute atomic E-state index is 5.84. The van der Waals surface area contributed by atoms with Crippen LogP contribution >= 0.6 is 0 Å². The molecule has 7 heteroatoms. The van der Waals surface area contributed by atoms with Crippen LogP contribution in [0, 0.1) is 0 Å². The Labute approximate surface area is 161 Å². The first-order chi connectivity index (χ1) is 12.8. The Morgan fingerprint density at radius 1 is 1.22 bits per heavy atom. The van der Waals surface area contributed by atoms with E-state index in [0.717, 1.165) is 22.3 Å². The van der Waals surface area contributed by atoms with Gasteiger partial charge in [0, 0.05) is 19.4 Å². The second kappa shape index (κ2) is 9.79. The molecule has 0 aliphatic heterocycles. The van der Waals surface area contributed by atoms with Crippen molar-refractivity contribution in [1.29, 1.82) is 0 Å². The van der Waals surface area contributed by atoms with Crippen molar-refractivity contribution in [2.24, 2.45) is 5.73 Å². The Morgan fingerprint density at radius 3 is 2.44 bits per heavy atom. The summed E-state index contributed by atoms with van der Waals surface area (Å²) in [6.07, 6.45) is 5.03. The van der Waals surface area contributed by atoms with Crippen LogP contribution in [0.15, 0.2) is 68.3 Å². The van der Waals surface area contributed by atoms with Crippen molar-refractivity contribution in [3.05, 3.63) is 68.3 Å². The minimum atomic E-state index is -0.241. The largest absolute Gasteiger partial charge is 0.468 e. The summed E-state index contributed by atoms with van der Waals surface area (Å²) in [4.78, 5) is 15.4. The standard InChI is InChI=1S/C11H9N5.C7H13NO.C2H4.H2/c12-10-9-7(8-3-1-2-4-13-8)5-14-11(9)16-6-15-10;1-5-6(8)9-7(2,3)4;1-2;/h1-6H,(H3,12,14,15,16);1,8H2,2-4H3;1-2H2;1H. The highest BCUT2D eigenvalue weighted by Crippen LogP contribution is 2.28. The van der Waals surface area contributed by atoms with Gasteiger partial charge in [-0.25, -0.2) is 9.97 Å². The number of nitrogens with zero attached hydrogens (tertiary/aromatic N) is 3. The fourth-order valence-corrected chi connectivity index (χ4v) is 2.08. The Morgan fingerprint density at radius 2 is 1.93 bits per heavy atom. The van der Waals surface area contributed by atoms with Gasteiger partial charge < -0.3 is 21.2 Å². The van der Waals surface area contributed by atoms with E-state index in [0.29, 0.717) is 5.82 Å². The van der Waals surface area contributed by atoms with Crippen molar-refractivity contribution in [3.63, 3.8) is 0 Å². The van der Waals surface area contributed by atoms with Crippen LogP contribution in [-0.2, 0) is 4.74 Å². The zero-order valence-electron chi connectivity index (χ0n) is 16.0. The SMILES string of the molecule is C=C.C=C=C(N)OC(C)(C)C.Nc1ncnc2[nH]cc(-c3ccccn3)c12.[HH]. The molecular weight excluding hydrogens is 340 g/mol. The zero-order valence-corrected chi connectivity index (χ0v) is 16.0. The highest BCUT2D eigenvalue weighted by Gasteiger charge is 2.11. The van der Waals surface area contributed by atoms with Gasteiger partial charge in [0.05, 0.1) is 11.1 Å². The lowest BCUT2D eigenvalue weighted by Crippen LogP contribution is -2.21. The summed E-state index contributed by atoms with van der Waals surface area (Å²) in [6.45, 7) is 15.1. The molecule has 3 heterocycles. The van der Waals surface area contributed by atoms with E-state index in [1.54, 1.807) is 6.20 Å². The quantitative estimate of drug-likeness (QED) is 0.357. The van der Waals surface area contributed by atoms with Gasteiger partial charge in [-0.1, -0.05) is 18.4 Å². The van der Waals surface area contributed by atoms with Crippen LogP contribution in [0.4, 0.5) is 5.82 Å². The summed E-state index contributed by atoms with van der Waals surface area (Å²) in [5.41, 5.74) is 15.8. The maximum Gasteiger partial charge on any atom is 0.230 e. The van der Waals surface area contributed by atoms with Crippen LogP contribution in [0.3, 0.4) is 0 Å². The smallest absolute Gasteiger partial charge is 0.230 e. The van der Waals surface area contributed by atoms with E-state index >= 15 is 0 Å². The number of aromatic amines is 1. The first kappa shape index (κ1) is 21.5. The zero-order chi connectivity index (χ0) is 20.4. The number of hydrogen-bond acceptors (Lipinski definition) is 6. The molecule has 3 rings (SSSR count). The van der Waals surface area contributed by atoms with Gasteiger partial charge in [0.25, 0.3) is 0 Å². The number of rotatable bonds is 2. The molecule has 3 aromatic rings. The summed E-state index contributed by atoms with van der Waals surface area (Å²) in [5.74, 6) is 0.717. The number of nitrogen functional groups attached to an aromatic ring is 1. The minimum absolute atomic E-state index is 0. The predicted octanol–water partition coefficient (Wildman–Crippen LogP) is 4.04. The van der Waals surface area contributed by atoms with E-state index in [4.69, 9.17) is 16.2 Å². The first-order valence-corrected chi connectivity index (χ1v) is 8.15. The third-order valence-electron chi connectivity index (χ3n) is 3.03. The van der Waals surface area contributed by atoms with Crippen molar-refractivity contribution in [1.82, 2.24) is 19.9 Å². The Balaban J connectivity index is 0.000000529. The lowest BCUT2D eigenvalue weighted by atomic mass is 10.1. The predicted molar refractivity (Wildman–Crippen MR) is 113 cm³/mol. The minimum Gasteiger partial charge on any atom is -0.468 e. The van der Waals surface area contributed by atoms with Crippen LogP contribution in [0.1, 0.15) is 22.2 Å². The summed E-state index contributed by atoms with van der Waals surface area (Å²) in [7, 11) is 0. The normalized spacial score (nSPS) is 9.89. The van der Waals surface area contributed by atoms with Crippen LogP contribution in [0.2, 0.25) is 0 Å².